The summed E-state index contributed by atoms with van der Waals surface area (Å²) in [5.74, 6) is 0.499. The lowest BCUT2D eigenvalue weighted by molar-refractivity contribution is -0.117. The molecule has 1 aromatic carbocycles. The molecule has 19 heavy (non-hydrogen) atoms. The number of carbonyl (C=O) groups excluding carboxylic acids is 1. The maximum Gasteiger partial charge on any atom is 0.238 e. The van der Waals surface area contributed by atoms with Crippen LogP contribution in [0.15, 0.2) is 18.2 Å². The van der Waals surface area contributed by atoms with E-state index in [-0.39, 0.29) is 11.9 Å². The lowest BCUT2D eigenvalue weighted by atomic mass is 10.1. The van der Waals surface area contributed by atoms with Gasteiger partial charge in [-0.15, -0.1) is 0 Å². The van der Waals surface area contributed by atoms with Crippen molar-refractivity contribution in [3.8, 4) is 0 Å². The number of likely N-dealkylation sites (tertiary alicyclic amines) is 1. The minimum atomic E-state index is 0.0330. The van der Waals surface area contributed by atoms with Crippen LogP contribution in [0.4, 0.5) is 5.69 Å². The van der Waals surface area contributed by atoms with E-state index in [1.54, 1.807) is 0 Å². The van der Waals surface area contributed by atoms with Crippen LogP contribution >= 0.6 is 22.6 Å². The summed E-state index contributed by atoms with van der Waals surface area (Å²) in [4.78, 5) is 14.1. The van der Waals surface area contributed by atoms with E-state index in [9.17, 15) is 4.79 Å². The van der Waals surface area contributed by atoms with Gasteiger partial charge in [0.1, 0.15) is 0 Å². The van der Waals surface area contributed by atoms with Gasteiger partial charge in [0, 0.05) is 28.4 Å². The van der Waals surface area contributed by atoms with Gasteiger partial charge in [-0.1, -0.05) is 6.92 Å². The molecule has 0 spiro atoms. The predicted molar refractivity (Wildman–Crippen MR) is 86.1 cm³/mol. The highest BCUT2D eigenvalue weighted by Crippen LogP contribution is 2.18. The topological polar surface area (TPSA) is 58.4 Å². The number of hydrogen-bond acceptors (Lipinski definition) is 3. The molecular weight excluding hydrogens is 353 g/mol. The van der Waals surface area contributed by atoms with Gasteiger partial charge >= 0.3 is 0 Å². The lowest BCUT2D eigenvalue weighted by Gasteiger charge is -2.15. The Morgan fingerprint density at radius 1 is 1.53 bits per heavy atom. The molecule has 0 aromatic heterocycles. The van der Waals surface area contributed by atoms with Crippen LogP contribution in [0.3, 0.4) is 0 Å². The maximum atomic E-state index is 12.0. The van der Waals surface area contributed by atoms with E-state index >= 15 is 0 Å². The first-order valence-electron chi connectivity index (χ1n) is 6.49. The number of nitrogens with zero attached hydrogens (tertiary/aromatic N) is 1. The van der Waals surface area contributed by atoms with Crippen LogP contribution in [0.2, 0.25) is 0 Å². The molecule has 1 aromatic rings. The summed E-state index contributed by atoms with van der Waals surface area (Å²) in [7, 11) is 0. The molecule has 0 radical (unpaired) electrons. The van der Waals surface area contributed by atoms with E-state index < -0.39 is 0 Å². The van der Waals surface area contributed by atoms with Gasteiger partial charge in [0.05, 0.1) is 6.54 Å². The summed E-state index contributed by atoms with van der Waals surface area (Å²) >= 11 is 2.27. The molecule has 104 valence electrons. The van der Waals surface area contributed by atoms with Crippen molar-refractivity contribution in [2.24, 2.45) is 11.7 Å². The number of rotatable bonds is 3. The van der Waals surface area contributed by atoms with Gasteiger partial charge in [-0.05, 0) is 59.2 Å². The molecular formula is C14H20IN3O. The van der Waals surface area contributed by atoms with Crippen molar-refractivity contribution < 1.29 is 4.79 Å². The molecule has 2 atom stereocenters. The Balaban J connectivity index is 1.91. The molecule has 2 unspecified atom stereocenters. The highest BCUT2D eigenvalue weighted by atomic mass is 127. The summed E-state index contributed by atoms with van der Waals surface area (Å²) in [6.07, 6.45) is 0. The minimum Gasteiger partial charge on any atom is -0.326 e. The van der Waals surface area contributed by atoms with Crippen molar-refractivity contribution >= 4 is 34.2 Å². The molecule has 1 aliphatic heterocycles. The zero-order chi connectivity index (χ0) is 14.0. The Kier molecular flexibility index (Phi) is 4.81. The molecule has 1 aliphatic rings. The first-order valence-corrected chi connectivity index (χ1v) is 7.57. The second-order valence-corrected chi connectivity index (χ2v) is 6.59. The molecule has 1 heterocycles. The molecule has 1 fully saturated rings. The van der Waals surface area contributed by atoms with Crippen molar-refractivity contribution in [3.05, 3.63) is 27.3 Å². The smallest absolute Gasteiger partial charge is 0.238 e. The van der Waals surface area contributed by atoms with E-state index in [2.05, 4.69) is 45.8 Å². The predicted octanol–water partition coefficient (Wildman–Crippen LogP) is 1.82. The first kappa shape index (κ1) is 14.7. The average Bonchev–Trinajstić information content (AvgIpc) is 2.62. The van der Waals surface area contributed by atoms with Crippen LogP contribution in [-0.4, -0.2) is 36.5 Å². The monoisotopic (exact) mass is 373 g/mol. The maximum absolute atomic E-state index is 12.0. The standard InChI is InChI=1S/C14H20IN3O/c1-9-5-11(15)3-4-13(9)17-14(19)8-18-6-10(2)12(16)7-18/h3-5,10,12H,6-8,16H2,1-2H3,(H,17,19). The van der Waals surface area contributed by atoms with Gasteiger partial charge in [-0.25, -0.2) is 0 Å². The van der Waals surface area contributed by atoms with E-state index in [1.807, 2.05) is 19.1 Å². The largest absolute Gasteiger partial charge is 0.326 e. The lowest BCUT2D eigenvalue weighted by Crippen LogP contribution is -2.33. The van der Waals surface area contributed by atoms with Gasteiger partial charge in [0.2, 0.25) is 5.91 Å². The van der Waals surface area contributed by atoms with Crippen molar-refractivity contribution in [3.63, 3.8) is 0 Å². The fraction of sp³-hybridized carbons (Fsp3) is 0.500. The zero-order valence-electron chi connectivity index (χ0n) is 11.3. The Morgan fingerprint density at radius 3 is 2.84 bits per heavy atom. The Labute approximate surface area is 127 Å². The number of nitrogens with one attached hydrogen (secondary N) is 1. The number of hydrogen-bond donors (Lipinski definition) is 2. The fourth-order valence-electron chi connectivity index (χ4n) is 2.38. The van der Waals surface area contributed by atoms with E-state index in [1.165, 1.54) is 3.57 Å². The van der Waals surface area contributed by atoms with Gasteiger partial charge < -0.3 is 11.1 Å². The van der Waals surface area contributed by atoms with Gasteiger partial charge in [0.25, 0.3) is 0 Å². The number of anilines is 1. The molecule has 5 heteroatoms. The highest BCUT2D eigenvalue weighted by molar-refractivity contribution is 14.1. The van der Waals surface area contributed by atoms with Crippen LogP contribution in [-0.2, 0) is 4.79 Å². The van der Waals surface area contributed by atoms with Crippen LogP contribution in [0, 0.1) is 16.4 Å². The number of amides is 1. The third kappa shape index (κ3) is 3.90. The molecule has 0 aliphatic carbocycles. The Hall–Kier alpha value is -0.660. The van der Waals surface area contributed by atoms with Crippen LogP contribution in [0.5, 0.6) is 0 Å². The van der Waals surface area contributed by atoms with Gasteiger partial charge in [-0.2, -0.15) is 0 Å². The minimum absolute atomic E-state index is 0.0330. The van der Waals surface area contributed by atoms with Crippen molar-refractivity contribution in [1.82, 2.24) is 4.90 Å². The zero-order valence-corrected chi connectivity index (χ0v) is 13.5. The highest BCUT2D eigenvalue weighted by Gasteiger charge is 2.27. The summed E-state index contributed by atoms with van der Waals surface area (Å²) in [6.45, 7) is 6.27. The summed E-state index contributed by atoms with van der Waals surface area (Å²) in [5, 5.41) is 2.97. The second kappa shape index (κ2) is 6.19. The number of carbonyl (C=O) groups is 1. The van der Waals surface area contributed by atoms with E-state index in [4.69, 9.17) is 5.73 Å². The van der Waals surface area contributed by atoms with Crippen LogP contribution < -0.4 is 11.1 Å². The molecule has 3 N–H and O–H groups in total. The van der Waals surface area contributed by atoms with Gasteiger partial charge in [0.15, 0.2) is 0 Å². The summed E-state index contributed by atoms with van der Waals surface area (Å²) in [5.41, 5.74) is 7.94. The number of halogens is 1. The fourth-order valence-corrected chi connectivity index (χ4v) is 3.03. The van der Waals surface area contributed by atoms with Crippen LogP contribution in [0.25, 0.3) is 0 Å². The third-order valence-electron chi connectivity index (χ3n) is 3.58. The molecule has 2 rings (SSSR count). The van der Waals surface area contributed by atoms with E-state index in [0.717, 1.165) is 24.3 Å². The number of benzene rings is 1. The second-order valence-electron chi connectivity index (χ2n) is 5.34. The first-order chi connectivity index (χ1) is 8.95. The van der Waals surface area contributed by atoms with E-state index in [0.29, 0.717) is 12.5 Å². The third-order valence-corrected chi connectivity index (χ3v) is 4.25. The Morgan fingerprint density at radius 2 is 2.26 bits per heavy atom. The van der Waals surface area contributed by atoms with Gasteiger partial charge in [-0.3, -0.25) is 9.69 Å². The van der Waals surface area contributed by atoms with Crippen molar-refractivity contribution in [2.45, 2.75) is 19.9 Å². The quantitative estimate of drug-likeness (QED) is 0.795. The van der Waals surface area contributed by atoms with Crippen molar-refractivity contribution in [2.75, 3.05) is 25.0 Å². The molecule has 0 bridgehead atoms. The summed E-state index contributed by atoms with van der Waals surface area (Å²) < 4.78 is 1.17. The normalized spacial score (nSPS) is 23.6. The molecule has 0 saturated carbocycles. The van der Waals surface area contributed by atoms with Crippen molar-refractivity contribution in [1.29, 1.82) is 0 Å². The number of nitrogens with two attached hydrogens (primary N) is 1. The SMILES string of the molecule is Cc1cc(I)ccc1NC(=O)CN1CC(C)C(N)C1. The summed E-state index contributed by atoms with van der Waals surface area (Å²) in [6, 6.07) is 6.20. The Bertz CT molecular complexity index is 468. The molecule has 1 saturated heterocycles. The number of aryl methyl sites for hydroxylation is 1. The molecule has 4 nitrogen and oxygen atoms in total. The average molecular weight is 373 g/mol. The van der Waals surface area contributed by atoms with Crippen LogP contribution in [0.1, 0.15) is 12.5 Å². The molecule has 1 amide bonds.